The van der Waals surface area contributed by atoms with Gasteiger partial charge < -0.3 is 5.32 Å². The molecule has 0 aliphatic carbocycles. The largest absolute Gasteiger partial charge is 0.300 e. The number of hydrogen-bond donors (Lipinski definition) is 1. The van der Waals surface area contributed by atoms with Crippen LogP contribution in [0.4, 0.5) is 5.69 Å². The quantitative estimate of drug-likeness (QED) is 0.882. The van der Waals surface area contributed by atoms with Crippen LogP contribution in [0.3, 0.4) is 0 Å². The predicted octanol–water partition coefficient (Wildman–Crippen LogP) is 3.54. The molecule has 0 spiro atoms. The first-order valence-electron chi connectivity index (χ1n) is 7.03. The molecular weight excluding hydrogens is 294 g/mol. The fourth-order valence-corrected chi connectivity index (χ4v) is 2.86. The van der Waals surface area contributed by atoms with Gasteiger partial charge in [0.25, 0.3) is 5.91 Å². The summed E-state index contributed by atoms with van der Waals surface area (Å²) in [5, 5.41) is 3.39. The number of aryl methyl sites for hydroxylation is 1. The van der Waals surface area contributed by atoms with Crippen molar-refractivity contribution >= 4 is 34.6 Å². The van der Waals surface area contributed by atoms with Gasteiger partial charge in [0, 0.05) is 12.4 Å². The van der Waals surface area contributed by atoms with Gasteiger partial charge in [-0.15, -0.1) is 0 Å². The average molecular weight is 309 g/mol. The molecule has 0 bridgehead atoms. The van der Waals surface area contributed by atoms with E-state index in [0.29, 0.717) is 10.1 Å². The predicted molar refractivity (Wildman–Crippen MR) is 90.9 cm³/mol. The summed E-state index contributed by atoms with van der Waals surface area (Å²) < 4.78 is 0. The lowest BCUT2D eigenvalue weighted by molar-refractivity contribution is -0.115. The number of rotatable bonds is 3. The summed E-state index contributed by atoms with van der Waals surface area (Å²) in [5.74, 6) is -0.127. The number of hydrogen-bond acceptors (Lipinski definition) is 4. The van der Waals surface area contributed by atoms with Crippen molar-refractivity contribution in [1.29, 1.82) is 0 Å². The van der Waals surface area contributed by atoms with Gasteiger partial charge in [0.2, 0.25) is 0 Å². The van der Waals surface area contributed by atoms with Crippen LogP contribution >= 0.6 is 11.8 Å². The van der Waals surface area contributed by atoms with Gasteiger partial charge in [-0.2, -0.15) is 0 Å². The number of pyridine rings is 1. The van der Waals surface area contributed by atoms with Crippen molar-refractivity contribution in [3.63, 3.8) is 0 Å². The first-order valence-corrected chi connectivity index (χ1v) is 7.85. The number of amides is 1. The lowest BCUT2D eigenvalue weighted by atomic mass is 10.2. The SMILES string of the molecule is CCc1ccc(N=C2NC(=O)/C(=C/c3cccnc3)S2)cc1. The van der Waals surface area contributed by atoms with Crippen LogP contribution < -0.4 is 5.32 Å². The summed E-state index contributed by atoms with van der Waals surface area (Å²) in [7, 11) is 0. The van der Waals surface area contributed by atoms with Gasteiger partial charge in [0.15, 0.2) is 5.17 Å². The first kappa shape index (κ1) is 14.5. The van der Waals surface area contributed by atoms with E-state index in [9.17, 15) is 4.79 Å². The van der Waals surface area contributed by atoms with Crippen molar-refractivity contribution in [2.24, 2.45) is 4.99 Å². The minimum atomic E-state index is -0.127. The maximum absolute atomic E-state index is 12.0. The molecule has 1 aliphatic heterocycles. The molecule has 2 aromatic rings. The molecule has 0 radical (unpaired) electrons. The number of nitrogens with zero attached hydrogens (tertiary/aromatic N) is 2. The van der Waals surface area contributed by atoms with Crippen molar-refractivity contribution < 1.29 is 4.79 Å². The van der Waals surface area contributed by atoms with Gasteiger partial charge in [-0.05, 0) is 53.6 Å². The van der Waals surface area contributed by atoms with Crippen molar-refractivity contribution in [3.05, 3.63) is 64.8 Å². The van der Waals surface area contributed by atoms with Crippen molar-refractivity contribution in [2.75, 3.05) is 0 Å². The van der Waals surface area contributed by atoms with E-state index in [-0.39, 0.29) is 5.91 Å². The average Bonchev–Trinajstić information content (AvgIpc) is 2.88. The Hall–Kier alpha value is -2.40. The monoisotopic (exact) mass is 309 g/mol. The maximum Gasteiger partial charge on any atom is 0.264 e. The molecule has 1 amide bonds. The Morgan fingerprint density at radius 2 is 2.09 bits per heavy atom. The molecule has 3 rings (SSSR count). The minimum absolute atomic E-state index is 0.127. The van der Waals surface area contributed by atoms with Gasteiger partial charge in [-0.3, -0.25) is 9.78 Å². The number of aliphatic imine (C=N–C) groups is 1. The third-order valence-electron chi connectivity index (χ3n) is 3.21. The molecule has 1 aliphatic rings. The van der Waals surface area contributed by atoms with E-state index in [0.717, 1.165) is 17.7 Å². The van der Waals surface area contributed by atoms with Gasteiger partial charge in [0.1, 0.15) is 0 Å². The highest BCUT2D eigenvalue weighted by Gasteiger charge is 2.23. The van der Waals surface area contributed by atoms with E-state index in [1.807, 2.05) is 42.5 Å². The number of carbonyl (C=O) groups excluding carboxylic acids is 1. The van der Waals surface area contributed by atoms with Crippen LogP contribution in [0, 0.1) is 0 Å². The third-order valence-corrected chi connectivity index (χ3v) is 4.12. The fourth-order valence-electron chi connectivity index (χ4n) is 2.02. The molecule has 0 unspecified atom stereocenters. The molecule has 1 saturated heterocycles. The van der Waals surface area contributed by atoms with E-state index in [1.54, 1.807) is 12.4 Å². The number of thioether (sulfide) groups is 1. The molecule has 4 nitrogen and oxygen atoms in total. The van der Waals surface area contributed by atoms with E-state index in [1.165, 1.54) is 17.3 Å². The summed E-state index contributed by atoms with van der Waals surface area (Å²) in [6, 6.07) is 11.8. The summed E-state index contributed by atoms with van der Waals surface area (Å²) in [6.45, 7) is 2.11. The normalized spacial score (nSPS) is 18.0. The molecule has 1 aromatic carbocycles. The van der Waals surface area contributed by atoms with Gasteiger partial charge in [0.05, 0.1) is 10.6 Å². The highest BCUT2D eigenvalue weighted by Crippen LogP contribution is 2.27. The zero-order chi connectivity index (χ0) is 15.4. The van der Waals surface area contributed by atoms with Crippen LogP contribution in [0.25, 0.3) is 6.08 Å². The topological polar surface area (TPSA) is 54.4 Å². The Labute approximate surface area is 133 Å². The lowest BCUT2D eigenvalue weighted by Gasteiger charge is -1.98. The first-order chi connectivity index (χ1) is 10.7. The van der Waals surface area contributed by atoms with Gasteiger partial charge in [-0.25, -0.2) is 4.99 Å². The molecule has 0 atom stereocenters. The van der Waals surface area contributed by atoms with Crippen molar-refractivity contribution in [3.8, 4) is 0 Å². The minimum Gasteiger partial charge on any atom is -0.300 e. The van der Waals surface area contributed by atoms with E-state index in [4.69, 9.17) is 0 Å². The number of benzene rings is 1. The van der Waals surface area contributed by atoms with E-state index < -0.39 is 0 Å². The molecule has 1 N–H and O–H groups in total. The fraction of sp³-hybridized carbons (Fsp3) is 0.118. The Balaban J connectivity index is 1.79. The summed E-state index contributed by atoms with van der Waals surface area (Å²) in [6.07, 6.45) is 6.24. The smallest absolute Gasteiger partial charge is 0.264 e. The summed E-state index contributed by atoms with van der Waals surface area (Å²) >= 11 is 1.34. The van der Waals surface area contributed by atoms with Crippen LogP contribution in [0.2, 0.25) is 0 Å². The van der Waals surface area contributed by atoms with Crippen LogP contribution in [0.5, 0.6) is 0 Å². The number of amidine groups is 1. The van der Waals surface area contributed by atoms with Gasteiger partial charge >= 0.3 is 0 Å². The Morgan fingerprint density at radius 3 is 2.77 bits per heavy atom. The summed E-state index contributed by atoms with van der Waals surface area (Å²) in [5.41, 5.74) is 3.00. The van der Waals surface area contributed by atoms with E-state index >= 15 is 0 Å². The number of nitrogens with one attached hydrogen (secondary N) is 1. The van der Waals surface area contributed by atoms with Crippen LogP contribution in [0.1, 0.15) is 18.1 Å². The Bertz CT molecular complexity index is 736. The standard InChI is InChI=1S/C17H15N3OS/c1-2-12-5-7-14(8-6-12)19-17-20-16(21)15(22-17)10-13-4-3-9-18-11-13/h3-11H,2H2,1H3,(H,19,20,21)/b15-10-. The highest BCUT2D eigenvalue weighted by molar-refractivity contribution is 8.18. The van der Waals surface area contributed by atoms with Crippen LogP contribution in [-0.2, 0) is 11.2 Å². The zero-order valence-corrected chi connectivity index (χ0v) is 12.9. The van der Waals surface area contributed by atoms with Crippen LogP contribution in [-0.4, -0.2) is 16.1 Å². The number of aromatic nitrogens is 1. The Kier molecular flexibility index (Phi) is 4.34. The second kappa shape index (κ2) is 6.58. The maximum atomic E-state index is 12.0. The number of carbonyl (C=O) groups is 1. The van der Waals surface area contributed by atoms with Crippen molar-refractivity contribution in [1.82, 2.24) is 10.3 Å². The van der Waals surface area contributed by atoms with E-state index in [2.05, 4.69) is 22.2 Å². The molecule has 110 valence electrons. The molecule has 1 aromatic heterocycles. The van der Waals surface area contributed by atoms with Crippen LogP contribution in [0.15, 0.2) is 58.7 Å². The second-order valence-corrected chi connectivity index (χ2v) is 5.82. The zero-order valence-electron chi connectivity index (χ0n) is 12.1. The molecule has 5 heteroatoms. The lowest BCUT2D eigenvalue weighted by Crippen LogP contribution is -2.19. The molecule has 0 saturated carbocycles. The summed E-state index contributed by atoms with van der Waals surface area (Å²) in [4.78, 5) is 21.1. The van der Waals surface area contributed by atoms with Crippen molar-refractivity contribution in [2.45, 2.75) is 13.3 Å². The molecule has 22 heavy (non-hydrogen) atoms. The van der Waals surface area contributed by atoms with Gasteiger partial charge in [-0.1, -0.05) is 25.1 Å². The molecular formula is C17H15N3OS. The molecule has 1 fully saturated rings. The Morgan fingerprint density at radius 1 is 1.27 bits per heavy atom. The highest BCUT2D eigenvalue weighted by atomic mass is 32.2. The molecule has 2 heterocycles. The third kappa shape index (κ3) is 3.43. The second-order valence-electron chi connectivity index (χ2n) is 4.79.